The molecule has 0 spiro atoms. The van der Waals surface area contributed by atoms with E-state index in [0.29, 0.717) is 16.6 Å². The SMILES string of the molecule is Clc1cccc(CNCCc2cnc[nH]2)c1Cl. The molecule has 2 aromatic rings. The first-order valence-corrected chi connectivity index (χ1v) is 6.14. The fourth-order valence-electron chi connectivity index (χ4n) is 1.55. The average Bonchev–Trinajstić information content (AvgIpc) is 2.83. The molecule has 0 unspecified atom stereocenters. The number of halogens is 2. The van der Waals surface area contributed by atoms with Crippen molar-refractivity contribution in [2.45, 2.75) is 13.0 Å². The summed E-state index contributed by atoms with van der Waals surface area (Å²) in [6.07, 6.45) is 4.43. The third-order valence-corrected chi connectivity index (χ3v) is 3.33. The fraction of sp³-hybridized carbons (Fsp3) is 0.250. The van der Waals surface area contributed by atoms with Crippen LogP contribution in [0.5, 0.6) is 0 Å². The molecule has 3 nitrogen and oxygen atoms in total. The molecule has 0 atom stereocenters. The van der Waals surface area contributed by atoms with Crippen molar-refractivity contribution in [1.82, 2.24) is 15.3 Å². The maximum atomic E-state index is 6.08. The zero-order valence-corrected chi connectivity index (χ0v) is 10.7. The number of hydrogen-bond acceptors (Lipinski definition) is 2. The molecular formula is C12H13Cl2N3. The standard InChI is InChI=1S/C12H13Cl2N3/c13-11-3-1-2-9(12(11)14)6-15-5-4-10-7-16-8-17-10/h1-3,7-8,15H,4-6H2,(H,16,17). The molecule has 1 aromatic carbocycles. The molecule has 2 rings (SSSR count). The van der Waals surface area contributed by atoms with Crippen LogP contribution in [0.1, 0.15) is 11.3 Å². The van der Waals surface area contributed by atoms with Crippen molar-refractivity contribution in [1.29, 1.82) is 0 Å². The molecule has 2 N–H and O–H groups in total. The molecule has 0 aliphatic heterocycles. The van der Waals surface area contributed by atoms with E-state index < -0.39 is 0 Å². The molecule has 17 heavy (non-hydrogen) atoms. The molecule has 0 saturated carbocycles. The van der Waals surface area contributed by atoms with Crippen molar-refractivity contribution >= 4 is 23.2 Å². The van der Waals surface area contributed by atoms with Crippen LogP contribution in [-0.4, -0.2) is 16.5 Å². The second kappa shape index (κ2) is 6.05. The van der Waals surface area contributed by atoms with Crippen LogP contribution in [0.3, 0.4) is 0 Å². The first-order valence-electron chi connectivity index (χ1n) is 5.38. The van der Waals surface area contributed by atoms with Crippen LogP contribution in [0.4, 0.5) is 0 Å². The molecule has 1 heterocycles. The van der Waals surface area contributed by atoms with Crippen molar-refractivity contribution in [3.8, 4) is 0 Å². The van der Waals surface area contributed by atoms with Crippen molar-refractivity contribution in [2.24, 2.45) is 0 Å². The van der Waals surface area contributed by atoms with Gasteiger partial charge in [-0.2, -0.15) is 0 Å². The third kappa shape index (κ3) is 3.46. The summed E-state index contributed by atoms with van der Waals surface area (Å²) < 4.78 is 0. The van der Waals surface area contributed by atoms with Crippen LogP contribution < -0.4 is 5.32 Å². The first-order chi connectivity index (χ1) is 8.27. The van der Waals surface area contributed by atoms with E-state index in [4.69, 9.17) is 23.2 Å². The Morgan fingerprint density at radius 2 is 2.18 bits per heavy atom. The van der Waals surface area contributed by atoms with E-state index in [-0.39, 0.29) is 0 Å². The Bertz CT molecular complexity index is 469. The number of aromatic amines is 1. The molecule has 0 amide bonds. The molecular weight excluding hydrogens is 257 g/mol. The highest BCUT2D eigenvalue weighted by Crippen LogP contribution is 2.25. The highest BCUT2D eigenvalue weighted by Gasteiger charge is 2.03. The van der Waals surface area contributed by atoms with Gasteiger partial charge in [-0.1, -0.05) is 35.3 Å². The predicted molar refractivity (Wildman–Crippen MR) is 70.5 cm³/mol. The number of benzene rings is 1. The van der Waals surface area contributed by atoms with Gasteiger partial charge in [-0.3, -0.25) is 0 Å². The van der Waals surface area contributed by atoms with Crippen LogP contribution in [0.2, 0.25) is 10.0 Å². The van der Waals surface area contributed by atoms with Gasteiger partial charge in [-0.05, 0) is 11.6 Å². The molecule has 0 aliphatic rings. The van der Waals surface area contributed by atoms with Crippen molar-refractivity contribution < 1.29 is 0 Å². The van der Waals surface area contributed by atoms with E-state index in [1.54, 1.807) is 12.4 Å². The predicted octanol–water partition coefficient (Wildman–Crippen LogP) is 3.05. The second-order valence-electron chi connectivity index (χ2n) is 3.72. The summed E-state index contributed by atoms with van der Waals surface area (Å²) in [4.78, 5) is 7.02. The fourth-order valence-corrected chi connectivity index (χ4v) is 1.94. The lowest BCUT2D eigenvalue weighted by Gasteiger charge is -2.07. The molecule has 5 heteroatoms. The molecule has 0 radical (unpaired) electrons. The van der Waals surface area contributed by atoms with Crippen LogP contribution in [0.25, 0.3) is 0 Å². The van der Waals surface area contributed by atoms with Gasteiger partial charge < -0.3 is 10.3 Å². The topological polar surface area (TPSA) is 40.7 Å². The Balaban J connectivity index is 1.80. The number of imidazole rings is 1. The lowest BCUT2D eigenvalue weighted by atomic mass is 10.2. The number of hydrogen-bond donors (Lipinski definition) is 2. The molecule has 0 bridgehead atoms. The van der Waals surface area contributed by atoms with E-state index in [1.165, 1.54) is 0 Å². The number of nitrogens with one attached hydrogen (secondary N) is 2. The van der Waals surface area contributed by atoms with E-state index in [0.717, 1.165) is 24.2 Å². The maximum absolute atomic E-state index is 6.08. The lowest BCUT2D eigenvalue weighted by molar-refractivity contribution is 0.681. The van der Waals surface area contributed by atoms with E-state index in [9.17, 15) is 0 Å². The van der Waals surface area contributed by atoms with Gasteiger partial charge in [0.2, 0.25) is 0 Å². The van der Waals surface area contributed by atoms with E-state index in [2.05, 4.69) is 15.3 Å². The van der Waals surface area contributed by atoms with E-state index >= 15 is 0 Å². The van der Waals surface area contributed by atoms with Crippen LogP contribution >= 0.6 is 23.2 Å². The minimum atomic E-state index is 0.597. The number of H-pyrrole nitrogens is 1. The Kier molecular flexibility index (Phi) is 4.42. The lowest BCUT2D eigenvalue weighted by Crippen LogP contribution is -2.17. The largest absolute Gasteiger partial charge is 0.348 e. The average molecular weight is 270 g/mol. The first kappa shape index (κ1) is 12.4. The third-order valence-electron chi connectivity index (χ3n) is 2.47. The van der Waals surface area contributed by atoms with Crippen LogP contribution in [-0.2, 0) is 13.0 Å². The van der Waals surface area contributed by atoms with Gasteiger partial charge in [0.15, 0.2) is 0 Å². The number of aromatic nitrogens is 2. The molecule has 90 valence electrons. The van der Waals surface area contributed by atoms with Gasteiger partial charge in [0.25, 0.3) is 0 Å². The molecule has 0 saturated heterocycles. The Morgan fingerprint density at radius 3 is 2.94 bits per heavy atom. The van der Waals surface area contributed by atoms with Crippen LogP contribution in [0.15, 0.2) is 30.7 Å². The maximum Gasteiger partial charge on any atom is 0.0921 e. The van der Waals surface area contributed by atoms with Crippen LogP contribution in [0, 0.1) is 0 Å². The van der Waals surface area contributed by atoms with Gasteiger partial charge in [-0.15, -0.1) is 0 Å². The highest BCUT2D eigenvalue weighted by molar-refractivity contribution is 6.42. The van der Waals surface area contributed by atoms with Crippen molar-refractivity contribution in [2.75, 3.05) is 6.54 Å². The highest BCUT2D eigenvalue weighted by atomic mass is 35.5. The summed E-state index contributed by atoms with van der Waals surface area (Å²) in [5, 5.41) is 4.54. The Labute approximate surface area is 110 Å². The Morgan fingerprint density at radius 1 is 1.29 bits per heavy atom. The number of nitrogens with zero attached hydrogens (tertiary/aromatic N) is 1. The summed E-state index contributed by atoms with van der Waals surface area (Å²) in [6.45, 7) is 1.58. The Hall–Kier alpha value is -1.03. The smallest absolute Gasteiger partial charge is 0.0921 e. The van der Waals surface area contributed by atoms with Gasteiger partial charge in [0, 0.05) is 31.4 Å². The van der Waals surface area contributed by atoms with E-state index in [1.807, 2.05) is 18.3 Å². The van der Waals surface area contributed by atoms with Gasteiger partial charge in [0.1, 0.15) is 0 Å². The minimum absolute atomic E-state index is 0.597. The van der Waals surface area contributed by atoms with Gasteiger partial charge in [-0.25, -0.2) is 4.98 Å². The zero-order valence-electron chi connectivity index (χ0n) is 9.21. The summed E-state index contributed by atoms with van der Waals surface area (Å²) >= 11 is 12.0. The summed E-state index contributed by atoms with van der Waals surface area (Å²) in [5.41, 5.74) is 2.14. The monoisotopic (exact) mass is 269 g/mol. The summed E-state index contributed by atoms with van der Waals surface area (Å²) in [6, 6.07) is 5.66. The van der Waals surface area contributed by atoms with Crippen molar-refractivity contribution in [3.63, 3.8) is 0 Å². The minimum Gasteiger partial charge on any atom is -0.348 e. The van der Waals surface area contributed by atoms with Gasteiger partial charge >= 0.3 is 0 Å². The van der Waals surface area contributed by atoms with Gasteiger partial charge in [0.05, 0.1) is 16.4 Å². The summed E-state index contributed by atoms with van der Waals surface area (Å²) in [5.74, 6) is 0. The normalized spacial score (nSPS) is 10.7. The second-order valence-corrected chi connectivity index (χ2v) is 4.50. The molecule has 1 aromatic heterocycles. The molecule has 0 aliphatic carbocycles. The van der Waals surface area contributed by atoms with Crippen molar-refractivity contribution in [3.05, 3.63) is 52.0 Å². The zero-order chi connectivity index (χ0) is 12.1. The molecule has 0 fully saturated rings. The summed E-state index contributed by atoms with van der Waals surface area (Å²) in [7, 11) is 0. The quantitative estimate of drug-likeness (QED) is 0.820. The number of rotatable bonds is 5.